The molecule has 24 heavy (non-hydrogen) atoms. The molecule has 122 valence electrons. The number of hydrogen-bond donors (Lipinski definition) is 2. The zero-order chi connectivity index (χ0) is 16.8. The zero-order valence-corrected chi connectivity index (χ0v) is 13.4. The number of rotatable bonds is 6. The van der Waals surface area contributed by atoms with Gasteiger partial charge in [0.25, 0.3) is 5.91 Å². The van der Waals surface area contributed by atoms with Gasteiger partial charge in [-0.25, -0.2) is 4.68 Å². The Morgan fingerprint density at radius 2 is 1.79 bits per heavy atom. The summed E-state index contributed by atoms with van der Waals surface area (Å²) < 4.78 is 1.87. The van der Waals surface area contributed by atoms with Gasteiger partial charge in [0.2, 0.25) is 0 Å². The Hall–Kier alpha value is -3.15. The van der Waals surface area contributed by atoms with Gasteiger partial charge in [-0.2, -0.15) is 5.10 Å². The largest absolute Gasteiger partial charge is 0.379 e. The van der Waals surface area contributed by atoms with Crippen LogP contribution in [0.1, 0.15) is 23.0 Å². The second-order valence-corrected chi connectivity index (χ2v) is 5.23. The van der Waals surface area contributed by atoms with E-state index in [0.717, 1.165) is 17.1 Å². The number of carbonyl (C=O) groups excluding carboxylic acids is 1. The molecule has 0 aliphatic heterocycles. The lowest BCUT2D eigenvalue weighted by Crippen LogP contribution is -2.22. The number of amides is 1. The molecule has 0 fully saturated rings. The van der Waals surface area contributed by atoms with E-state index in [1.165, 1.54) is 0 Å². The second kappa shape index (κ2) is 7.41. The topological polar surface area (TPSA) is 71.8 Å². The van der Waals surface area contributed by atoms with Crippen molar-refractivity contribution >= 4 is 11.6 Å². The van der Waals surface area contributed by atoms with E-state index >= 15 is 0 Å². The summed E-state index contributed by atoms with van der Waals surface area (Å²) in [7, 11) is 0. The Bertz CT molecular complexity index is 796. The Labute approximate surface area is 140 Å². The summed E-state index contributed by atoms with van der Waals surface area (Å²) in [6, 6.07) is 13.2. The highest BCUT2D eigenvalue weighted by Gasteiger charge is 2.06. The standard InChI is InChI=1S/C18H19N5O/c1-2-20-18(24)14-3-5-15(6-4-14)21-13-17-9-12-22-23(17)16-7-10-19-11-8-16/h3-12,21H,2,13H2,1H3,(H,20,24). The molecule has 0 saturated heterocycles. The Kier molecular flexibility index (Phi) is 4.86. The van der Waals surface area contributed by atoms with Crippen LogP contribution in [0.3, 0.4) is 0 Å². The van der Waals surface area contributed by atoms with Crippen LogP contribution in [0.15, 0.2) is 61.1 Å². The van der Waals surface area contributed by atoms with Crippen LogP contribution in [0, 0.1) is 0 Å². The van der Waals surface area contributed by atoms with Gasteiger partial charge in [-0.1, -0.05) is 0 Å². The molecule has 1 amide bonds. The molecule has 6 nitrogen and oxygen atoms in total. The number of carbonyl (C=O) groups is 1. The lowest BCUT2D eigenvalue weighted by Gasteiger charge is -2.10. The van der Waals surface area contributed by atoms with E-state index in [2.05, 4.69) is 20.7 Å². The van der Waals surface area contributed by atoms with Gasteiger partial charge < -0.3 is 10.6 Å². The van der Waals surface area contributed by atoms with Gasteiger partial charge in [-0.3, -0.25) is 9.78 Å². The minimum atomic E-state index is -0.0557. The van der Waals surface area contributed by atoms with Crippen molar-refractivity contribution in [3.05, 3.63) is 72.3 Å². The van der Waals surface area contributed by atoms with E-state index < -0.39 is 0 Å². The highest BCUT2D eigenvalue weighted by atomic mass is 16.1. The van der Waals surface area contributed by atoms with Gasteiger partial charge in [-0.15, -0.1) is 0 Å². The highest BCUT2D eigenvalue weighted by molar-refractivity contribution is 5.94. The second-order valence-electron chi connectivity index (χ2n) is 5.23. The summed E-state index contributed by atoms with van der Waals surface area (Å²) in [5, 5.41) is 10.5. The Morgan fingerprint density at radius 3 is 2.50 bits per heavy atom. The van der Waals surface area contributed by atoms with Crippen LogP contribution in [0.2, 0.25) is 0 Å². The van der Waals surface area contributed by atoms with Gasteiger partial charge in [0.15, 0.2) is 0 Å². The summed E-state index contributed by atoms with van der Waals surface area (Å²) in [5.74, 6) is -0.0557. The van der Waals surface area contributed by atoms with Crippen LogP contribution in [-0.2, 0) is 6.54 Å². The molecule has 3 rings (SSSR count). The lowest BCUT2D eigenvalue weighted by atomic mass is 10.2. The first-order valence-corrected chi connectivity index (χ1v) is 7.83. The maximum Gasteiger partial charge on any atom is 0.251 e. The summed E-state index contributed by atoms with van der Waals surface area (Å²) >= 11 is 0. The van der Waals surface area contributed by atoms with Crippen LogP contribution in [0.5, 0.6) is 0 Å². The molecular formula is C18H19N5O. The number of anilines is 1. The molecule has 0 radical (unpaired) electrons. The molecule has 2 heterocycles. The first-order chi connectivity index (χ1) is 11.8. The molecule has 0 bridgehead atoms. The molecule has 1 aromatic carbocycles. The average Bonchev–Trinajstić information content (AvgIpc) is 3.10. The van der Waals surface area contributed by atoms with Crippen molar-refractivity contribution in [2.45, 2.75) is 13.5 Å². The lowest BCUT2D eigenvalue weighted by molar-refractivity contribution is 0.0956. The van der Waals surface area contributed by atoms with Gasteiger partial charge in [-0.05, 0) is 49.4 Å². The fourth-order valence-corrected chi connectivity index (χ4v) is 2.38. The third kappa shape index (κ3) is 3.60. The Balaban J connectivity index is 1.67. The maximum absolute atomic E-state index is 11.8. The molecular weight excluding hydrogens is 302 g/mol. The molecule has 0 unspecified atom stereocenters. The maximum atomic E-state index is 11.8. The third-order valence-electron chi connectivity index (χ3n) is 3.59. The van der Waals surface area contributed by atoms with E-state index in [4.69, 9.17) is 0 Å². The molecule has 2 N–H and O–H groups in total. The van der Waals surface area contributed by atoms with Crippen molar-refractivity contribution in [3.63, 3.8) is 0 Å². The molecule has 0 spiro atoms. The van der Waals surface area contributed by atoms with Crippen molar-refractivity contribution in [3.8, 4) is 5.69 Å². The van der Waals surface area contributed by atoms with Crippen molar-refractivity contribution in [2.24, 2.45) is 0 Å². The number of benzene rings is 1. The van der Waals surface area contributed by atoms with Crippen molar-refractivity contribution in [1.82, 2.24) is 20.1 Å². The van der Waals surface area contributed by atoms with Gasteiger partial charge in [0.1, 0.15) is 0 Å². The highest BCUT2D eigenvalue weighted by Crippen LogP contribution is 2.13. The van der Waals surface area contributed by atoms with E-state index in [0.29, 0.717) is 18.7 Å². The fraction of sp³-hybridized carbons (Fsp3) is 0.167. The van der Waals surface area contributed by atoms with Crippen LogP contribution in [0.4, 0.5) is 5.69 Å². The van der Waals surface area contributed by atoms with Crippen LogP contribution in [-0.4, -0.2) is 27.2 Å². The van der Waals surface area contributed by atoms with E-state index in [9.17, 15) is 4.79 Å². The summed E-state index contributed by atoms with van der Waals surface area (Å²) in [5.41, 5.74) is 3.61. The van der Waals surface area contributed by atoms with Gasteiger partial charge in [0.05, 0.1) is 17.9 Å². The minimum Gasteiger partial charge on any atom is -0.379 e. The number of nitrogens with one attached hydrogen (secondary N) is 2. The van der Waals surface area contributed by atoms with Crippen molar-refractivity contribution < 1.29 is 4.79 Å². The number of nitrogens with zero attached hydrogens (tertiary/aromatic N) is 3. The predicted octanol–water partition coefficient (Wildman–Crippen LogP) is 2.63. The quantitative estimate of drug-likeness (QED) is 0.732. The predicted molar refractivity (Wildman–Crippen MR) is 93.1 cm³/mol. The number of aromatic nitrogens is 3. The molecule has 0 saturated carbocycles. The monoisotopic (exact) mass is 321 g/mol. The van der Waals surface area contributed by atoms with E-state index in [1.807, 2.05) is 54.1 Å². The summed E-state index contributed by atoms with van der Waals surface area (Å²) in [6.07, 6.45) is 5.26. The first-order valence-electron chi connectivity index (χ1n) is 7.83. The van der Waals surface area contributed by atoms with E-state index in [-0.39, 0.29) is 5.91 Å². The SMILES string of the molecule is CCNC(=O)c1ccc(NCc2ccnn2-c2ccncc2)cc1. The zero-order valence-electron chi connectivity index (χ0n) is 13.4. The molecule has 3 aromatic rings. The fourth-order valence-electron chi connectivity index (χ4n) is 2.38. The van der Waals surface area contributed by atoms with Crippen molar-refractivity contribution in [1.29, 1.82) is 0 Å². The van der Waals surface area contributed by atoms with Crippen LogP contribution < -0.4 is 10.6 Å². The minimum absolute atomic E-state index is 0.0557. The van der Waals surface area contributed by atoms with E-state index in [1.54, 1.807) is 18.6 Å². The average molecular weight is 321 g/mol. The molecule has 0 aliphatic rings. The smallest absolute Gasteiger partial charge is 0.251 e. The van der Waals surface area contributed by atoms with Gasteiger partial charge in [0, 0.05) is 36.4 Å². The summed E-state index contributed by atoms with van der Waals surface area (Å²) in [4.78, 5) is 15.8. The normalized spacial score (nSPS) is 10.4. The molecule has 6 heteroatoms. The van der Waals surface area contributed by atoms with Gasteiger partial charge >= 0.3 is 0 Å². The van der Waals surface area contributed by atoms with Crippen LogP contribution >= 0.6 is 0 Å². The van der Waals surface area contributed by atoms with Crippen molar-refractivity contribution in [2.75, 3.05) is 11.9 Å². The van der Waals surface area contributed by atoms with Crippen LogP contribution in [0.25, 0.3) is 5.69 Å². The first kappa shape index (κ1) is 15.7. The third-order valence-corrected chi connectivity index (χ3v) is 3.59. The molecule has 0 aliphatic carbocycles. The molecule has 0 atom stereocenters. The number of hydrogen-bond acceptors (Lipinski definition) is 4. The molecule has 2 aromatic heterocycles. The summed E-state index contributed by atoms with van der Waals surface area (Å²) in [6.45, 7) is 3.15. The number of pyridine rings is 1. The Morgan fingerprint density at radius 1 is 1.04 bits per heavy atom.